The van der Waals surface area contributed by atoms with Crippen molar-refractivity contribution in [1.29, 1.82) is 0 Å². The maximum absolute atomic E-state index is 10.8. The Morgan fingerprint density at radius 3 is 2.40 bits per heavy atom. The van der Waals surface area contributed by atoms with Crippen LogP contribution in [-0.2, 0) is 26.2 Å². The van der Waals surface area contributed by atoms with E-state index in [1.54, 1.807) is 13.8 Å². The molecule has 2 N–H and O–H groups in total. The highest BCUT2D eigenvalue weighted by molar-refractivity contribution is 7.83. The number of benzene rings is 1. The van der Waals surface area contributed by atoms with E-state index in [0.717, 1.165) is 5.56 Å². The Morgan fingerprint density at radius 1 is 1.20 bits per heavy atom. The van der Waals surface area contributed by atoms with Crippen molar-refractivity contribution in [2.24, 2.45) is 0 Å². The van der Waals surface area contributed by atoms with Crippen LogP contribution in [0.2, 0.25) is 0 Å². The van der Waals surface area contributed by atoms with Gasteiger partial charge in [-0.15, -0.1) is 0 Å². The molecule has 0 amide bonds. The van der Waals surface area contributed by atoms with E-state index in [-0.39, 0.29) is 12.6 Å². The molecule has 1 aliphatic heterocycles. The van der Waals surface area contributed by atoms with Crippen molar-refractivity contribution in [3.63, 3.8) is 0 Å². The number of hydrogen-bond donors (Lipinski definition) is 2. The SMILES string of the molecule is CC1(C)OC(CNS(=O)(=O)O)C(Cc2ccccc2)O1. The first-order valence-electron chi connectivity index (χ1n) is 6.37. The predicted octanol–water partition coefficient (Wildman–Crippen LogP) is 1.14. The van der Waals surface area contributed by atoms with Gasteiger partial charge in [0.05, 0.1) is 6.10 Å². The monoisotopic (exact) mass is 301 g/mol. The molecule has 2 atom stereocenters. The minimum atomic E-state index is -4.23. The largest absolute Gasteiger partial charge is 0.344 e. The fraction of sp³-hybridized carbons (Fsp3) is 0.538. The van der Waals surface area contributed by atoms with E-state index in [9.17, 15) is 8.42 Å². The first-order chi connectivity index (χ1) is 9.25. The Kier molecular flexibility index (Phi) is 4.46. The Hall–Kier alpha value is -0.990. The Morgan fingerprint density at radius 2 is 1.80 bits per heavy atom. The Balaban J connectivity index is 2.04. The molecule has 1 heterocycles. The van der Waals surface area contributed by atoms with Crippen LogP contribution in [0.1, 0.15) is 19.4 Å². The van der Waals surface area contributed by atoms with Gasteiger partial charge in [0.15, 0.2) is 5.79 Å². The Bertz CT molecular complexity index is 543. The smallest absolute Gasteiger partial charge is 0.333 e. The second-order valence-electron chi connectivity index (χ2n) is 5.23. The van der Waals surface area contributed by atoms with Crippen LogP contribution in [0.5, 0.6) is 0 Å². The molecule has 1 aliphatic rings. The molecule has 0 spiro atoms. The highest BCUT2D eigenvalue weighted by Gasteiger charge is 2.41. The molecule has 0 radical (unpaired) electrons. The quantitative estimate of drug-likeness (QED) is 0.797. The highest BCUT2D eigenvalue weighted by Crippen LogP contribution is 2.29. The van der Waals surface area contributed by atoms with Crippen molar-refractivity contribution in [3.05, 3.63) is 35.9 Å². The van der Waals surface area contributed by atoms with Crippen LogP contribution in [0.15, 0.2) is 30.3 Å². The molecule has 0 saturated carbocycles. The van der Waals surface area contributed by atoms with E-state index in [1.165, 1.54) is 0 Å². The second-order valence-corrected chi connectivity index (χ2v) is 6.46. The van der Waals surface area contributed by atoms with Crippen molar-refractivity contribution in [2.45, 2.75) is 38.3 Å². The molecule has 1 aromatic carbocycles. The summed E-state index contributed by atoms with van der Waals surface area (Å²) < 4.78 is 43.8. The van der Waals surface area contributed by atoms with E-state index < -0.39 is 22.2 Å². The Labute approximate surface area is 119 Å². The molecular weight excluding hydrogens is 282 g/mol. The highest BCUT2D eigenvalue weighted by atomic mass is 32.2. The second kappa shape index (κ2) is 5.79. The lowest BCUT2D eigenvalue weighted by atomic mass is 10.0. The van der Waals surface area contributed by atoms with Gasteiger partial charge in [0, 0.05) is 13.0 Å². The molecule has 20 heavy (non-hydrogen) atoms. The third-order valence-corrected chi connectivity index (χ3v) is 3.56. The molecule has 1 saturated heterocycles. The first kappa shape index (κ1) is 15.4. The minimum Gasteiger partial charge on any atom is -0.344 e. The summed E-state index contributed by atoms with van der Waals surface area (Å²) in [5, 5.41) is 0. The molecule has 2 unspecified atom stereocenters. The molecule has 2 rings (SSSR count). The van der Waals surface area contributed by atoms with E-state index in [0.29, 0.717) is 6.42 Å². The van der Waals surface area contributed by atoms with Gasteiger partial charge in [-0.1, -0.05) is 30.3 Å². The van der Waals surface area contributed by atoms with E-state index in [4.69, 9.17) is 14.0 Å². The summed E-state index contributed by atoms with van der Waals surface area (Å²) in [5.41, 5.74) is 1.08. The lowest BCUT2D eigenvalue weighted by Crippen LogP contribution is -2.38. The van der Waals surface area contributed by atoms with Crippen LogP contribution in [0, 0.1) is 0 Å². The lowest BCUT2D eigenvalue weighted by Gasteiger charge is -2.16. The molecule has 1 aromatic rings. The molecule has 0 aromatic heterocycles. The van der Waals surface area contributed by atoms with Crippen LogP contribution >= 0.6 is 0 Å². The van der Waals surface area contributed by atoms with Crippen molar-refractivity contribution in [3.8, 4) is 0 Å². The number of nitrogens with one attached hydrogen (secondary N) is 1. The maximum atomic E-state index is 10.8. The van der Waals surface area contributed by atoms with Gasteiger partial charge >= 0.3 is 10.3 Å². The standard InChI is InChI=1S/C13H19NO5S/c1-13(2)18-11(8-10-6-4-3-5-7-10)12(19-13)9-14-20(15,16)17/h3-7,11-12,14H,8-9H2,1-2H3,(H,15,16,17). The van der Waals surface area contributed by atoms with Crippen LogP contribution in [0.4, 0.5) is 0 Å². The van der Waals surface area contributed by atoms with Gasteiger partial charge in [-0.3, -0.25) is 4.55 Å². The van der Waals surface area contributed by atoms with Gasteiger partial charge in [0.25, 0.3) is 0 Å². The number of rotatable bonds is 5. The minimum absolute atomic E-state index is 0.0280. The summed E-state index contributed by atoms with van der Waals surface area (Å²) in [6.45, 7) is 3.52. The van der Waals surface area contributed by atoms with Gasteiger partial charge in [-0.2, -0.15) is 13.1 Å². The summed E-state index contributed by atoms with van der Waals surface area (Å²) in [6, 6.07) is 9.74. The maximum Gasteiger partial charge on any atom is 0.333 e. The molecule has 1 fully saturated rings. The molecule has 6 nitrogen and oxygen atoms in total. The molecule has 0 bridgehead atoms. The van der Waals surface area contributed by atoms with Crippen LogP contribution < -0.4 is 4.72 Å². The van der Waals surface area contributed by atoms with Crippen LogP contribution in [0.25, 0.3) is 0 Å². The molecule has 112 valence electrons. The summed E-state index contributed by atoms with van der Waals surface area (Å²) in [5.74, 6) is -0.773. The van der Waals surface area contributed by atoms with Gasteiger partial charge in [0.1, 0.15) is 6.10 Å². The van der Waals surface area contributed by atoms with Gasteiger partial charge in [-0.05, 0) is 19.4 Å². The van der Waals surface area contributed by atoms with Gasteiger partial charge < -0.3 is 9.47 Å². The van der Waals surface area contributed by atoms with Crippen molar-refractivity contribution in [1.82, 2.24) is 4.72 Å². The summed E-state index contributed by atoms with van der Waals surface area (Å²) in [6.07, 6.45) is -0.115. The van der Waals surface area contributed by atoms with Crippen LogP contribution in [0.3, 0.4) is 0 Å². The normalized spacial score (nSPS) is 25.8. The molecule has 7 heteroatoms. The summed E-state index contributed by atoms with van der Waals surface area (Å²) in [7, 11) is -4.23. The van der Waals surface area contributed by atoms with Crippen molar-refractivity contribution < 1.29 is 22.4 Å². The van der Waals surface area contributed by atoms with Crippen LogP contribution in [-0.4, -0.2) is 37.5 Å². The molecular formula is C13H19NO5S. The van der Waals surface area contributed by atoms with Crippen molar-refractivity contribution in [2.75, 3.05) is 6.54 Å². The number of ether oxygens (including phenoxy) is 2. The zero-order chi connectivity index (χ0) is 14.8. The number of hydrogen-bond acceptors (Lipinski definition) is 4. The van der Waals surface area contributed by atoms with E-state index in [2.05, 4.69) is 0 Å². The molecule has 0 aliphatic carbocycles. The topological polar surface area (TPSA) is 84.9 Å². The first-order valence-corrected chi connectivity index (χ1v) is 7.81. The van der Waals surface area contributed by atoms with Crippen molar-refractivity contribution >= 4 is 10.3 Å². The third kappa shape index (κ3) is 4.53. The summed E-state index contributed by atoms with van der Waals surface area (Å²) in [4.78, 5) is 0. The third-order valence-electron chi connectivity index (χ3n) is 3.03. The average molecular weight is 301 g/mol. The fourth-order valence-electron chi connectivity index (χ4n) is 2.29. The fourth-order valence-corrected chi connectivity index (χ4v) is 2.66. The average Bonchev–Trinajstić information content (AvgIpc) is 2.62. The summed E-state index contributed by atoms with van der Waals surface area (Å²) >= 11 is 0. The van der Waals surface area contributed by atoms with E-state index >= 15 is 0 Å². The zero-order valence-electron chi connectivity index (χ0n) is 11.4. The lowest BCUT2D eigenvalue weighted by molar-refractivity contribution is -0.145. The van der Waals surface area contributed by atoms with Gasteiger partial charge in [-0.25, -0.2) is 0 Å². The van der Waals surface area contributed by atoms with E-state index in [1.807, 2.05) is 35.1 Å². The predicted molar refractivity (Wildman–Crippen MR) is 73.5 cm³/mol. The zero-order valence-corrected chi connectivity index (χ0v) is 12.3. The van der Waals surface area contributed by atoms with Gasteiger partial charge in [0.2, 0.25) is 0 Å².